The normalized spacial score (nSPS) is 14.8. The van der Waals surface area contributed by atoms with E-state index in [1.807, 2.05) is 18.2 Å². The zero-order valence-corrected chi connectivity index (χ0v) is 11.7. The number of aryl methyl sites for hydroxylation is 1. The van der Waals surface area contributed by atoms with Crippen molar-refractivity contribution in [1.29, 1.82) is 0 Å². The largest absolute Gasteiger partial charge is 0.397 e. The maximum Gasteiger partial charge on any atom is 0.397 e. The zero-order valence-electron chi connectivity index (χ0n) is 10.9. The topological polar surface area (TPSA) is 29.1 Å². The first-order chi connectivity index (χ1) is 9.46. The Labute approximate surface area is 120 Å². The summed E-state index contributed by atoms with van der Waals surface area (Å²) >= 11 is 0.588. The van der Waals surface area contributed by atoms with Gasteiger partial charge in [0.2, 0.25) is 5.91 Å². The number of thioether (sulfide) groups is 1. The van der Waals surface area contributed by atoms with Gasteiger partial charge in [-0.2, -0.15) is 13.2 Å². The molecule has 1 aromatic carbocycles. The first kappa shape index (κ1) is 15.2. The van der Waals surface area contributed by atoms with E-state index in [2.05, 4.69) is 5.32 Å². The Morgan fingerprint density at radius 3 is 2.75 bits per heavy atom. The van der Waals surface area contributed by atoms with Crippen molar-refractivity contribution in [2.24, 2.45) is 0 Å². The summed E-state index contributed by atoms with van der Waals surface area (Å²) in [6.07, 6.45) is -0.0747. The third-order valence-corrected chi connectivity index (χ3v) is 4.17. The number of rotatable bonds is 4. The van der Waals surface area contributed by atoms with Crippen LogP contribution in [0, 0.1) is 0 Å². The molecule has 1 aromatic rings. The predicted octanol–water partition coefficient (Wildman–Crippen LogP) is 3.80. The predicted molar refractivity (Wildman–Crippen MR) is 75.1 cm³/mol. The Kier molecular flexibility index (Phi) is 4.96. The lowest BCUT2D eigenvalue weighted by molar-refractivity contribution is -0.113. The van der Waals surface area contributed by atoms with E-state index in [1.54, 1.807) is 0 Å². The van der Waals surface area contributed by atoms with Crippen LogP contribution in [-0.4, -0.2) is 23.6 Å². The third-order valence-electron chi connectivity index (χ3n) is 3.17. The Hall–Kier alpha value is -1.17. The number of amides is 1. The van der Waals surface area contributed by atoms with E-state index in [0.29, 0.717) is 11.8 Å². The van der Waals surface area contributed by atoms with Gasteiger partial charge < -0.3 is 5.32 Å². The summed E-state index contributed by atoms with van der Waals surface area (Å²) < 4.78 is 36.0. The second-order valence-electron chi connectivity index (χ2n) is 4.81. The summed E-state index contributed by atoms with van der Waals surface area (Å²) in [6, 6.07) is 5.74. The van der Waals surface area contributed by atoms with Gasteiger partial charge in [-0.05, 0) is 42.9 Å². The van der Waals surface area contributed by atoms with Crippen molar-refractivity contribution >= 4 is 23.4 Å². The molecule has 0 heterocycles. The lowest BCUT2D eigenvalue weighted by atomic mass is 9.90. The van der Waals surface area contributed by atoms with Crippen LogP contribution in [0.4, 0.5) is 18.9 Å². The molecule has 2 nitrogen and oxygen atoms in total. The van der Waals surface area contributed by atoms with Crippen LogP contribution in [0.1, 0.15) is 24.0 Å². The van der Waals surface area contributed by atoms with Crippen molar-refractivity contribution in [3.05, 3.63) is 29.3 Å². The summed E-state index contributed by atoms with van der Waals surface area (Å²) in [4.78, 5) is 11.7. The van der Waals surface area contributed by atoms with Gasteiger partial charge in [-0.3, -0.25) is 4.79 Å². The molecule has 1 aliphatic rings. The molecule has 0 unspecified atom stereocenters. The van der Waals surface area contributed by atoms with E-state index in [9.17, 15) is 18.0 Å². The maximum atomic E-state index is 12.0. The molecular formula is C14H16F3NOS. The molecule has 6 heteroatoms. The fourth-order valence-corrected chi connectivity index (χ4v) is 2.94. The van der Waals surface area contributed by atoms with Crippen molar-refractivity contribution < 1.29 is 18.0 Å². The summed E-state index contributed by atoms with van der Waals surface area (Å²) in [7, 11) is 0. The molecule has 20 heavy (non-hydrogen) atoms. The molecule has 0 spiro atoms. The van der Waals surface area contributed by atoms with Crippen LogP contribution in [-0.2, 0) is 17.6 Å². The molecule has 2 rings (SSSR count). The molecule has 0 radical (unpaired) electrons. The van der Waals surface area contributed by atoms with Crippen LogP contribution in [0.2, 0.25) is 0 Å². The second kappa shape index (κ2) is 6.52. The summed E-state index contributed by atoms with van der Waals surface area (Å²) in [6.45, 7) is 0. The van der Waals surface area contributed by atoms with E-state index in [4.69, 9.17) is 0 Å². The van der Waals surface area contributed by atoms with Crippen molar-refractivity contribution in [2.45, 2.75) is 31.9 Å². The van der Waals surface area contributed by atoms with Gasteiger partial charge in [-0.1, -0.05) is 12.1 Å². The monoisotopic (exact) mass is 303 g/mol. The van der Waals surface area contributed by atoms with Crippen LogP contribution >= 0.6 is 11.8 Å². The highest BCUT2D eigenvalue weighted by molar-refractivity contribution is 8.00. The van der Waals surface area contributed by atoms with Gasteiger partial charge in [0.25, 0.3) is 0 Å². The van der Waals surface area contributed by atoms with E-state index in [1.165, 1.54) is 5.56 Å². The highest BCUT2D eigenvalue weighted by atomic mass is 32.2. The number of carbonyl (C=O) groups is 1. The van der Waals surface area contributed by atoms with Crippen molar-refractivity contribution in [3.8, 4) is 0 Å². The minimum absolute atomic E-state index is 0.177. The number of fused-ring (bicyclic) bond motifs is 1. The third kappa shape index (κ3) is 4.44. The van der Waals surface area contributed by atoms with Gasteiger partial charge >= 0.3 is 6.18 Å². The standard InChI is InChI=1S/C14H16F3NOS/c15-14(16,17)9-20-8-13(19)18-12-7-3-5-10-4-1-2-6-11(10)12/h3,5,7H,1-2,4,6,8-9H2,(H,18,19). The molecular weight excluding hydrogens is 287 g/mol. The first-order valence-corrected chi connectivity index (χ1v) is 7.66. The molecule has 110 valence electrons. The fourth-order valence-electron chi connectivity index (χ4n) is 2.34. The quantitative estimate of drug-likeness (QED) is 0.916. The molecule has 1 N–H and O–H groups in total. The van der Waals surface area contributed by atoms with Gasteiger partial charge in [0, 0.05) is 5.69 Å². The Morgan fingerprint density at radius 2 is 2.00 bits per heavy atom. The summed E-state index contributed by atoms with van der Waals surface area (Å²) in [5.41, 5.74) is 3.12. The van der Waals surface area contributed by atoms with Gasteiger partial charge in [-0.25, -0.2) is 0 Å². The lowest BCUT2D eigenvalue weighted by Crippen LogP contribution is -2.19. The number of nitrogens with one attached hydrogen (secondary N) is 1. The molecule has 1 amide bonds. The molecule has 0 saturated heterocycles. The number of carbonyl (C=O) groups excluding carboxylic acids is 1. The minimum Gasteiger partial charge on any atom is -0.325 e. The molecule has 0 bridgehead atoms. The maximum absolute atomic E-state index is 12.0. The van der Waals surface area contributed by atoms with Crippen LogP contribution in [0.3, 0.4) is 0 Å². The van der Waals surface area contributed by atoms with E-state index < -0.39 is 11.9 Å². The SMILES string of the molecule is O=C(CSCC(F)(F)F)Nc1cccc2c1CCCC2. The lowest BCUT2D eigenvalue weighted by Gasteiger charge is -2.19. The molecule has 0 atom stereocenters. The average Bonchev–Trinajstić information content (AvgIpc) is 2.37. The highest BCUT2D eigenvalue weighted by Crippen LogP contribution is 2.28. The number of hydrogen-bond donors (Lipinski definition) is 1. The number of alkyl halides is 3. The van der Waals surface area contributed by atoms with Crippen LogP contribution < -0.4 is 5.32 Å². The fraction of sp³-hybridized carbons (Fsp3) is 0.500. The van der Waals surface area contributed by atoms with E-state index in [-0.39, 0.29) is 11.7 Å². The Balaban J connectivity index is 1.91. The van der Waals surface area contributed by atoms with Gasteiger partial charge in [0.05, 0.1) is 11.5 Å². The van der Waals surface area contributed by atoms with Gasteiger partial charge in [0.15, 0.2) is 0 Å². The van der Waals surface area contributed by atoms with Crippen molar-refractivity contribution in [2.75, 3.05) is 16.8 Å². The Bertz CT molecular complexity index is 488. The number of benzene rings is 1. The molecule has 0 aliphatic heterocycles. The van der Waals surface area contributed by atoms with Crippen LogP contribution in [0.5, 0.6) is 0 Å². The van der Waals surface area contributed by atoms with Crippen LogP contribution in [0.25, 0.3) is 0 Å². The molecule has 0 aromatic heterocycles. The van der Waals surface area contributed by atoms with E-state index in [0.717, 1.165) is 36.9 Å². The first-order valence-electron chi connectivity index (χ1n) is 6.51. The Morgan fingerprint density at radius 1 is 1.25 bits per heavy atom. The smallest absolute Gasteiger partial charge is 0.325 e. The summed E-state index contributed by atoms with van der Waals surface area (Å²) in [5, 5.41) is 2.73. The zero-order chi connectivity index (χ0) is 14.6. The highest BCUT2D eigenvalue weighted by Gasteiger charge is 2.27. The minimum atomic E-state index is -4.23. The number of halogens is 3. The molecule has 1 aliphatic carbocycles. The number of hydrogen-bond acceptors (Lipinski definition) is 2. The molecule has 0 fully saturated rings. The van der Waals surface area contributed by atoms with Crippen molar-refractivity contribution in [3.63, 3.8) is 0 Å². The summed E-state index contributed by atoms with van der Waals surface area (Å²) in [5.74, 6) is -1.55. The number of anilines is 1. The second-order valence-corrected chi connectivity index (χ2v) is 5.79. The van der Waals surface area contributed by atoms with Gasteiger partial charge in [-0.15, -0.1) is 11.8 Å². The van der Waals surface area contributed by atoms with E-state index >= 15 is 0 Å². The van der Waals surface area contributed by atoms with Crippen LogP contribution in [0.15, 0.2) is 18.2 Å². The molecule has 0 saturated carbocycles. The van der Waals surface area contributed by atoms with Crippen molar-refractivity contribution in [1.82, 2.24) is 0 Å². The average molecular weight is 303 g/mol. The van der Waals surface area contributed by atoms with Gasteiger partial charge in [0.1, 0.15) is 0 Å².